The first kappa shape index (κ1) is 13.8. The van der Waals surface area contributed by atoms with E-state index in [0.717, 1.165) is 0 Å². The molecule has 2 rings (SSSR count). The van der Waals surface area contributed by atoms with Crippen LogP contribution in [0, 0.1) is 0 Å². The first-order valence-corrected chi connectivity index (χ1v) is 6.08. The van der Waals surface area contributed by atoms with Crippen molar-refractivity contribution in [3.8, 4) is 0 Å². The molecule has 2 aromatic rings. The molecule has 0 spiro atoms. The van der Waals surface area contributed by atoms with Crippen molar-refractivity contribution in [3.63, 3.8) is 0 Å². The van der Waals surface area contributed by atoms with Gasteiger partial charge in [-0.15, -0.1) is 0 Å². The number of hydrogen-bond acceptors (Lipinski definition) is 5. The lowest BCUT2D eigenvalue weighted by Crippen LogP contribution is -2.29. The summed E-state index contributed by atoms with van der Waals surface area (Å²) in [6, 6.07) is 8.20. The van der Waals surface area contributed by atoms with Crippen LogP contribution in [0.4, 0.5) is 0 Å². The number of hydrogen-bond donors (Lipinski definition) is 1. The second kappa shape index (κ2) is 6.01. The van der Waals surface area contributed by atoms with E-state index in [9.17, 15) is 14.4 Å². The summed E-state index contributed by atoms with van der Waals surface area (Å²) < 4.78 is 9.77. The molecule has 0 fully saturated rings. The summed E-state index contributed by atoms with van der Waals surface area (Å²) in [4.78, 5) is 34.6. The highest BCUT2D eigenvalue weighted by atomic mass is 16.5. The summed E-state index contributed by atoms with van der Waals surface area (Å²) >= 11 is 0. The molecule has 0 atom stereocenters. The van der Waals surface area contributed by atoms with Crippen LogP contribution in [0.1, 0.15) is 17.3 Å². The minimum Gasteiger partial charge on any atom is -0.452 e. The number of rotatable bonds is 4. The van der Waals surface area contributed by atoms with Gasteiger partial charge in [0.15, 0.2) is 6.61 Å². The Labute approximate surface area is 114 Å². The highest BCUT2D eigenvalue weighted by Gasteiger charge is 2.16. The van der Waals surface area contributed by atoms with Gasteiger partial charge in [-0.2, -0.15) is 0 Å². The molecule has 6 heteroatoms. The van der Waals surface area contributed by atoms with Crippen molar-refractivity contribution in [2.45, 2.75) is 6.92 Å². The summed E-state index contributed by atoms with van der Waals surface area (Å²) in [5.41, 5.74) is -0.629. The van der Waals surface area contributed by atoms with Crippen LogP contribution < -0.4 is 10.9 Å². The van der Waals surface area contributed by atoms with E-state index in [1.54, 1.807) is 31.2 Å². The van der Waals surface area contributed by atoms with E-state index >= 15 is 0 Å². The molecule has 1 N–H and O–H groups in total. The zero-order chi connectivity index (χ0) is 14.5. The monoisotopic (exact) mass is 275 g/mol. The van der Waals surface area contributed by atoms with Crippen LogP contribution in [0.25, 0.3) is 11.0 Å². The fourth-order valence-corrected chi connectivity index (χ4v) is 1.66. The second-order valence-electron chi connectivity index (χ2n) is 4.01. The molecule has 1 aromatic carbocycles. The van der Waals surface area contributed by atoms with Crippen molar-refractivity contribution >= 4 is 22.8 Å². The van der Waals surface area contributed by atoms with Gasteiger partial charge in [0, 0.05) is 11.9 Å². The summed E-state index contributed by atoms with van der Waals surface area (Å²) in [7, 11) is 0. The minimum atomic E-state index is -0.879. The molecule has 1 heterocycles. The van der Waals surface area contributed by atoms with Gasteiger partial charge in [0.2, 0.25) is 0 Å². The molecule has 1 aromatic heterocycles. The van der Waals surface area contributed by atoms with Gasteiger partial charge in [0.1, 0.15) is 11.1 Å². The van der Waals surface area contributed by atoms with Gasteiger partial charge >= 0.3 is 11.6 Å². The van der Waals surface area contributed by atoms with Gasteiger partial charge in [0.25, 0.3) is 5.91 Å². The van der Waals surface area contributed by atoms with Crippen LogP contribution in [0.3, 0.4) is 0 Å². The third kappa shape index (κ3) is 3.03. The summed E-state index contributed by atoms with van der Waals surface area (Å²) in [5.74, 6) is -1.30. The Balaban J connectivity index is 2.19. The SMILES string of the molecule is CCNC(=O)COC(=O)c1cc2ccccc2oc1=O. The zero-order valence-electron chi connectivity index (χ0n) is 10.8. The molecule has 0 aliphatic heterocycles. The lowest BCUT2D eigenvalue weighted by molar-refractivity contribution is -0.124. The maximum absolute atomic E-state index is 11.8. The standard InChI is InChI=1S/C14H13NO5/c1-2-15-12(16)8-19-13(17)10-7-9-5-3-4-6-11(9)20-14(10)18/h3-7H,2,8H2,1H3,(H,15,16). The highest BCUT2D eigenvalue weighted by molar-refractivity contribution is 5.94. The Hall–Kier alpha value is -2.63. The van der Waals surface area contributed by atoms with Gasteiger partial charge in [-0.25, -0.2) is 9.59 Å². The topological polar surface area (TPSA) is 85.6 Å². The Morgan fingerprint density at radius 2 is 2.05 bits per heavy atom. The van der Waals surface area contributed by atoms with Crippen LogP contribution in [-0.4, -0.2) is 25.0 Å². The van der Waals surface area contributed by atoms with Crippen molar-refractivity contribution in [2.75, 3.05) is 13.2 Å². The normalized spacial score (nSPS) is 10.2. The highest BCUT2D eigenvalue weighted by Crippen LogP contribution is 2.12. The molecule has 0 aliphatic carbocycles. The van der Waals surface area contributed by atoms with Gasteiger partial charge in [-0.3, -0.25) is 4.79 Å². The first-order valence-electron chi connectivity index (χ1n) is 6.08. The number of fused-ring (bicyclic) bond motifs is 1. The van der Waals surface area contributed by atoms with Gasteiger partial charge in [-0.1, -0.05) is 18.2 Å². The molecular formula is C14H13NO5. The Morgan fingerprint density at radius 1 is 1.30 bits per heavy atom. The number of amides is 1. The molecule has 0 aliphatic rings. The third-order valence-electron chi connectivity index (χ3n) is 2.57. The maximum Gasteiger partial charge on any atom is 0.351 e. The summed E-state index contributed by atoms with van der Waals surface area (Å²) in [6.45, 7) is 1.76. The largest absolute Gasteiger partial charge is 0.452 e. The second-order valence-corrected chi connectivity index (χ2v) is 4.01. The van der Waals surface area contributed by atoms with E-state index in [1.807, 2.05) is 0 Å². The molecular weight excluding hydrogens is 262 g/mol. The molecule has 0 bridgehead atoms. The van der Waals surface area contributed by atoms with Gasteiger partial charge in [-0.05, 0) is 19.1 Å². The Bertz CT molecular complexity index is 704. The van der Waals surface area contributed by atoms with Crippen molar-refractivity contribution < 1.29 is 18.7 Å². The fraction of sp³-hybridized carbons (Fsp3) is 0.214. The smallest absolute Gasteiger partial charge is 0.351 e. The van der Waals surface area contributed by atoms with Crippen molar-refractivity contribution in [1.82, 2.24) is 5.32 Å². The quantitative estimate of drug-likeness (QED) is 0.666. The number of carbonyl (C=O) groups excluding carboxylic acids is 2. The minimum absolute atomic E-state index is 0.229. The molecule has 104 valence electrons. The van der Waals surface area contributed by atoms with Gasteiger partial charge < -0.3 is 14.5 Å². The van der Waals surface area contributed by atoms with Crippen LogP contribution in [-0.2, 0) is 9.53 Å². The molecule has 1 amide bonds. The summed E-state index contributed by atoms with van der Waals surface area (Å²) in [6.07, 6.45) is 0. The number of para-hydroxylation sites is 1. The van der Waals surface area contributed by atoms with E-state index in [2.05, 4.69) is 5.32 Å². The predicted octanol–water partition coefficient (Wildman–Crippen LogP) is 1.09. The lowest BCUT2D eigenvalue weighted by atomic mass is 10.2. The number of nitrogens with one attached hydrogen (secondary N) is 1. The lowest BCUT2D eigenvalue weighted by Gasteiger charge is -2.04. The fourth-order valence-electron chi connectivity index (χ4n) is 1.66. The zero-order valence-corrected chi connectivity index (χ0v) is 10.8. The van der Waals surface area contributed by atoms with Crippen LogP contribution in [0.15, 0.2) is 39.5 Å². The van der Waals surface area contributed by atoms with E-state index < -0.39 is 24.1 Å². The predicted molar refractivity (Wildman–Crippen MR) is 71.5 cm³/mol. The van der Waals surface area contributed by atoms with Crippen molar-refractivity contribution in [3.05, 3.63) is 46.3 Å². The van der Waals surface area contributed by atoms with E-state index in [0.29, 0.717) is 17.5 Å². The van der Waals surface area contributed by atoms with Crippen molar-refractivity contribution in [2.24, 2.45) is 0 Å². The maximum atomic E-state index is 11.8. The third-order valence-corrected chi connectivity index (χ3v) is 2.57. The first-order chi connectivity index (χ1) is 9.61. The average Bonchev–Trinajstić information content (AvgIpc) is 2.44. The van der Waals surface area contributed by atoms with E-state index in [4.69, 9.17) is 9.15 Å². The number of carbonyl (C=O) groups is 2. The van der Waals surface area contributed by atoms with E-state index in [-0.39, 0.29) is 5.56 Å². The molecule has 6 nitrogen and oxygen atoms in total. The van der Waals surface area contributed by atoms with Gasteiger partial charge in [0.05, 0.1) is 0 Å². The van der Waals surface area contributed by atoms with Crippen LogP contribution in [0.2, 0.25) is 0 Å². The van der Waals surface area contributed by atoms with Crippen LogP contribution >= 0.6 is 0 Å². The number of likely N-dealkylation sites (N-methyl/N-ethyl adjacent to an activating group) is 1. The number of ether oxygens (including phenoxy) is 1. The number of benzene rings is 1. The Kier molecular flexibility index (Phi) is 4.14. The molecule has 0 saturated carbocycles. The molecule has 0 saturated heterocycles. The van der Waals surface area contributed by atoms with E-state index in [1.165, 1.54) is 6.07 Å². The van der Waals surface area contributed by atoms with Crippen molar-refractivity contribution in [1.29, 1.82) is 0 Å². The number of esters is 1. The average molecular weight is 275 g/mol. The van der Waals surface area contributed by atoms with Crippen LogP contribution in [0.5, 0.6) is 0 Å². The summed E-state index contributed by atoms with van der Waals surface area (Å²) in [5, 5.41) is 3.09. The molecule has 0 radical (unpaired) electrons. The molecule has 20 heavy (non-hydrogen) atoms. The Morgan fingerprint density at radius 3 is 2.80 bits per heavy atom. The molecule has 0 unspecified atom stereocenters.